The molecule has 30 heavy (non-hydrogen) atoms. The number of nitrogens with zero attached hydrogens (tertiary/aromatic N) is 1. The molecule has 8 nitrogen and oxygen atoms in total. The number of imide groups is 1. The number of para-hydroxylation sites is 1. The van der Waals surface area contributed by atoms with E-state index in [-0.39, 0.29) is 24.0 Å². The number of benzene rings is 1. The number of methoxy groups -OCH3 is 1. The molecule has 5 unspecified atom stereocenters. The zero-order valence-corrected chi connectivity index (χ0v) is 17.8. The number of likely N-dealkylation sites (tertiary alicyclic amines) is 1. The quantitative estimate of drug-likeness (QED) is 0.555. The maximum Gasteiger partial charge on any atom is 0.325 e. The largest absolute Gasteiger partial charge is 0.504 e. The van der Waals surface area contributed by atoms with Gasteiger partial charge in [-0.05, 0) is 18.4 Å². The van der Waals surface area contributed by atoms with Crippen molar-refractivity contribution in [3.05, 3.63) is 23.8 Å². The minimum Gasteiger partial charge on any atom is -0.504 e. The Labute approximate surface area is 176 Å². The van der Waals surface area contributed by atoms with Gasteiger partial charge in [0, 0.05) is 18.2 Å². The van der Waals surface area contributed by atoms with Crippen LogP contribution in [0.5, 0.6) is 11.5 Å². The zero-order valence-electron chi connectivity index (χ0n) is 17.8. The van der Waals surface area contributed by atoms with Crippen LogP contribution in [0.4, 0.5) is 0 Å². The van der Waals surface area contributed by atoms with Crippen molar-refractivity contribution in [1.29, 1.82) is 0 Å². The molecule has 8 heteroatoms. The van der Waals surface area contributed by atoms with Crippen LogP contribution in [-0.2, 0) is 14.4 Å². The van der Waals surface area contributed by atoms with E-state index in [1.807, 2.05) is 13.8 Å². The summed E-state index contributed by atoms with van der Waals surface area (Å²) in [5.41, 5.74) is -1.25. The van der Waals surface area contributed by atoms with Crippen LogP contribution in [-0.4, -0.2) is 52.1 Å². The number of carbonyl (C=O) groups excluding carboxylic acids is 2. The summed E-state index contributed by atoms with van der Waals surface area (Å²) in [6.45, 7) is 5.87. The first-order valence-electron chi connectivity index (χ1n) is 10.5. The minimum atomic E-state index is -1.60. The Kier molecular flexibility index (Phi) is 6.08. The Hall–Kier alpha value is -2.61. The number of amides is 2. The third kappa shape index (κ3) is 3.05. The molecule has 1 aromatic carbocycles. The van der Waals surface area contributed by atoms with Gasteiger partial charge >= 0.3 is 5.97 Å². The summed E-state index contributed by atoms with van der Waals surface area (Å²) in [7, 11) is 1.42. The maximum absolute atomic E-state index is 13.3. The van der Waals surface area contributed by atoms with Crippen molar-refractivity contribution in [3.8, 4) is 11.5 Å². The van der Waals surface area contributed by atoms with Crippen LogP contribution in [0.15, 0.2) is 18.2 Å². The lowest BCUT2D eigenvalue weighted by Gasteiger charge is -2.36. The van der Waals surface area contributed by atoms with Gasteiger partial charge in [-0.25, -0.2) is 0 Å². The highest BCUT2D eigenvalue weighted by molar-refractivity contribution is 6.09. The van der Waals surface area contributed by atoms with E-state index in [2.05, 4.69) is 5.32 Å². The molecule has 2 amide bonds. The van der Waals surface area contributed by atoms with Crippen molar-refractivity contribution >= 4 is 17.8 Å². The predicted octanol–water partition coefficient (Wildman–Crippen LogP) is 2.32. The van der Waals surface area contributed by atoms with Gasteiger partial charge in [-0.1, -0.05) is 45.7 Å². The molecular formula is C22H30N2O6. The van der Waals surface area contributed by atoms with Crippen molar-refractivity contribution < 1.29 is 29.3 Å². The van der Waals surface area contributed by atoms with Gasteiger partial charge in [-0.3, -0.25) is 24.6 Å². The molecule has 2 aliphatic rings. The van der Waals surface area contributed by atoms with Crippen molar-refractivity contribution in [2.45, 2.75) is 51.6 Å². The SMILES string of the molecule is CCCCN1C(=O)C2C(c3cccc(OC)c3O)NC(C(=O)O)(C(C)CC)C2C1=O. The van der Waals surface area contributed by atoms with Gasteiger partial charge in [0.15, 0.2) is 11.5 Å². The van der Waals surface area contributed by atoms with Gasteiger partial charge in [-0.15, -0.1) is 0 Å². The standard InChI is InChI=1S/C22H30N2O6/c1-5-7-11-24-19(26)15-16(20(24)27)22(21(28)29,12(3)6-2)23-17(15)13-9-8-10-14(30-4)18(13)25/h8-10,12,15-17,23,25H,5-7,11H2,1-4H3,(H,28,29). The molecule has 0 aromatic heterocycles. The normalized spacial score (nSPS) is 29.2. The van der Waals surface area contributed by atoms with Crippen LogP contribution in [0.1, 0.15) is 51.6 Å². The number of rotatable bonds is 8. The van der Waals surface area contributed by atoms with Gasteiger partial charge in [0.1, 0.15) is 5.54 Å². The molecule has 0 spiro atoms. The van der Waals surface area contributed by atoms with Crippen LogP contribution in [0.3, 0.4) is 0 Å². The number of fused-ring (bicyclic) bond motifs is 1. The number of hydrogen-bond donors (Lipinski definition) is 3. The maximum atomic E-state index is 13.3. The highest BCUT2D eigenvalue weighted by Gasteiger charge is 2.69. The number of phenolic OH excluding ortho intramolecular Hbond substituents is 1. The van der Waals surface area contributed by atoms with Gasteiger partial charge in [0.2, 0.25) is 11.8 Å². The Morgan fingerprint density at radius 3 is 2.57 bits per heavy atom. The lowest BCUT2D eigenvalue weighted by molar-refractivity contribution is -0.154. The van der Waals surface area contributed by atoms with Crippen molar-refractivity contribution in [2.75, 3.05) is 13.7 Å². The molecular weight excluding hydrogens is 388 g/mol. The van der Waals surface area contributed by atoms with Gasteiger partial charge in [0.25, 0.3) is 0 Å². The van der Waals surface area contributed by atoms with E-state index in [1.54, 1.807) is 25.1 Å². The van der Waals surface area contributed by atoms with E-state index in [1.165, 1.54) is 12.0 Å². The number of carbonyl (C=O) groups is 3. The number of aromatic hydroxyl groups is 1. The number of hydrogen-bond acceptors (Lipinski definition) is 6. The van der Waals surface area contributed by atoms with E-state index < -0.39 is 41.2 Å². The first-order valence-corrected chi connectivity index (χ1v) is 10.5. The van der Waals surface area contributed by atoms with E-state index in [9.17, 15) is 24.6 Å². The Morgan fingerprint density at radius 1 is 1.30 bits per heavy atom. The lowest BCUT2D eigenvalue weighted by Crippen LogP contribution is -2.59. The van der Waals surface area contributed by atoms with E-state index in [0.29, 0.717) is 18.4 Å². The molecule has 164 valence electrons. The molecule has 3 rings (SSSR count). The van der Waals surface area contributed by atoms with Crippen molar-refractivity contribution in [2.24, 2.45) is 17.8 Å². The lowest BCUT2D eigenvalue weighted by atomic mass is 9.72. The first kappa shape index (κ1) is 22.1. The number of unbranched alkanes of at least 4 members (excludes halogenated alkanes) is 1. The van der Waals surface area contributed by atoms with Gasteiger partial charge < -0.3 is 14.9 Å². The molecule has 0 aliphatic carbocycles. The fourth-order valence-corrected chi connectivity index (χ4v) is 4.94. The fourth-order valence-electron chi connectivity index (χ4n) is 4.94. The second-order valence-electron chi connectivity index (χ2n) is 8.19. The average molecular weight is 418 g/mol. The number of carboxylic acids is 1. The minimum absolute atomic E-state index is 0.158. The fraction of sp³-hybridized carbons (Fsp3) is 0.591. The highest BCUT2D eigenvalue weighted by atomic mass is 16.5. The summed E-state index contributed by atoms with van der Waals surface area (Å²) < 4.78 is 5.19. The Morgan fingerprint density at radius 2 is 2.00 bits per heavy atom. The Balaban J connectivity index is 2.18. The zero-order chi connectivity index (χ0) is 22.2. The number of carboxylic acid groups (broad SMARTS) is 1. The van der Waals surface area contributed by atoms with Gasteiger partial charge in [-0.2, -0.15) is 0 Å². The number of phenols is 1. The Bertz CT molecular complexity index is 856. The van der Waals surface area contributed by atoms with Gasteiger partial charge in [0.05, 0.1) is 18.9 Å². The molecule has 0 bridgehead atoms. The summed E-state index contributed by atoms with van der Waals surface area (Å²) in [4.78, 5) is 40.5. The van der Waals surface area contributed by atoms with Crippen LogP contribution >= 0.6 is 0 Å². The molecule has 3 N–H and O–H groups in total. The number of nitrogens with one attached hydrogen (secondary N) is 1. The molecule has 0 saturated carbocycles. The molecule has 2 fully saturated rings. The second-order valence-corrected chi connectivity index (χ2v) is 8.19. The summed E-state index contributed by atoms with van der Waals surface area (Å²) in [6, 6.07) is 4.07. The van der Waals surface area contributed by atoms with E-state index in [0.717, 1.165) is 6.42 Å². The monoisotopic (exact) mass is 418 g/mol. The number of ether oxygens (including phenoxy) is 1. The number of aliphatic carboxylic acids is 1. The third-order valence-electron chi connectivity index (χ3n) is 6.75. The topological polar surface area (TPSA) is 116 Å². The van der Waals surface area contributed by atoms with E-state index in [4.69, 9.17) is 4.74 Å². The summed E-state index contributed by atoms with van der Waals surface area (Å²) in [6.07, 6.45) is 1.97. The first-order chi connectivity index (χ1) is 14.3. The molecule has 2 heterocycles. The molecule has 2 saturated heterocycles. The van der Waals surface area contributed by atoms with Crippen molar-refractivity contribution in [1.82, 2.24) is 10.2 Å². The third-order valence-corrected chi connectivity index (χ3v) is 6.75. The van der Waals surface area contributed by atoms with Crippen LogP contribution < -0.4 is 10.1 Å². The summed E-state index contributed by atoms with van der Waals surface area (Å²) >= 11 is 0. The molecule has 1 aromatic rings. The summed E-state index contributed by atoms with van der Waals surface area (Å²) in [5, 5.41) is 24.1. The highest BCUT2D eigenvalue weighted by Crippen LogP contribution is 2.53. The molecule has 2 aliphatic heterocycles. The average Bonchev–Trinajstić information content (AvgIpc) is 3.21. The van der Waals surface area contributed by atoms with E-state index >= 15 is 0 Å². The van der Waals surface area contributed by atoms with Crippen molar-refractivity contribution in [3.63, 3.8) is 0 Å². The summed E-state index contributed by atoms with van der Waals surface area (Å²) in [5.74, 6) is -4.28. The molecule has 5 atom stereocenters. The smallest absolute Gasteiger partial charge is 0.325 e. The molecule has 0 radical (unpaired) electrons. The predicted molar refractivity (Wildman–Crippen MR) is 109 cm³/mol. The van der Waals surface area contributed by atoms with Crippen LogP contribution in [0.2, 0.25) is 0 Å². The van der Waals surface area contributed by atoms with Crippen LogP contribution in [0.25, 0.3) is 0 Å². The second kappa shape index (κ2) is 8.26. The van der Waals surface area contributed by atoms with Crippen LogP contribution in [0, 0.1) is 17.8 Å².